The molecule has 16 nitrogen and oxygen atoms in total. The highest BCUT2D eigenvalue weighted by molar-refractivity contribution is 6.07. The maximum absolute atomic E-state index is 14.3. The molecule has 16 heteroatoms. The smallest absolute Gasteiger partial charge is 0.407 e. The summed E-state index contributed by atoms with van der Waals surface area (Å²) >= 11 is 0. The number of aromatic amines is 2. The van der Waals surface area contributed by atoms with Crippen LogP contribution in [-0.2, 0) is 30.4 Å². The summed E-state index contributed by atoms with van der Waals surface area (Å²) < 4.78 is 21.7. The predicted octanol–water partition coefficient (Wildman–Crippen LogP) is 7.73. The van der Waals surface area contributed by atoms with Crippen LogP contribution in [0.5, 0.6) is 5.75 Å². The second kappa shape index (κ2) is 17.9. The van der Waals surface area contributed by atoms with Gasteiger partial charge in [-0.25, -0.2) is 19.6 Å². The number of fused-ring (bicyclic) bond motifs is 6. The summed E-state index contributed by atoms with van der Waals surface area (Å²) in [6, 6.07) is 21.3. The molecule has 2 fully saturated rings. The lowest BCUT2D eigenvalue weighted by atomic mass is 9.92. The Morgan fingerprint density at radius 2 is 1.65 bits per heavy atom. The largest absolute Gasteiger partial charge is 0.488 e. The third-order valence-electron chi connectivity index (χ3n) is 13.1. The predicted molar refractivity (Wildman–Crippen MR) is 243 cm³/mol. The summed E-state index contributed by atoms with van der Waals surface area (Å²) in [5.41, 5.74) is 7.09. The lowest BCUT2D eigenvalue weighted by molar-refractivity contribution is -0.137. The van der Waals surface area contributed by atoms with Gasteiger partial charge in [-0.15, -0.1) is 0 Å². The van der Waals surface area contributed by atoms with E-state index in [1.54, 1.807) is 18.2 Å². The maximum Gasteiger partial charge on any atom is 0.407 e. The van der Waals surface area contributed by atoms with Gasteiger partial charge in [-0.05, 0) is 84.0 Å². The topological polar surface area (TPSA) is 193 Å². The minimum atomic E-state index is -0.948. The van der Waals surface area contributed by atoms with Gasteiger partial charge < -0.3 is 49.3 Å². The molecule has 0 bridgehead atoms. The van der Waals surface area contributed by atoms with E-state index in [0.717, 1.165) is 68.3 Å². The van der Waals surface area contributed by atoms with E-state index >= 15 is 0 Å². The van der Waals surface area contributed by atoms with Gasteiger partial charge in [0.2, 0.25) is 5.91 Å². The van der Waals surface area contributed by atoms with Crippen LogP contribution in [0.3, 0.4) is 0 Å². The number of likely N-dealkylation sites (tertiary alicyclic amines) is 2. The molecule has 6 atom stereocenters. The third-order valence-corrected chi connectivity index (χ3v) is 13.1. The monoisotopic (exact) mass is 882 g/mol. The van der Waals surface area contributed by atoms with Gasteiger partial charge in [-0.2, -0.15) is 0 Å². The van der Waals surface area contributed by atoms with Crippen molar-refractivity contribution in [2.75, 3.05) is 34.5 Å². The summed E-state index contributed by atoms with van der Waals surface area (Å²) in [6.07, 6.45) is 2.64. The number of methoxy groups -OCH3 is 3. The highest BCUT2D eigenvalue weighted by Gasteiger charge is 2.43. The minimum Gasteiger partial charge on any atom is -0.488 e. The second-order valence-electron chi connectivity index (χ2n) is 17.6. The average Bonchev–Trinajstić information content (AvgIpc) is 4.15. The number of H-pyrrole nitrogens is 2. The Morgan fingerprint density at radius 3 is 2.40 bits per heavy atom. The Balaban J connectivity index is 0.974. The van der Waals surface area contributed by atoms with Crippen molar-refractivity contribution in [3.8, 4) is 28.1 Å². The molecule has 5 heterocycles. The standard InChI is InChI=1S/C49H54N8O8/c1-26(2)41(54-48(60)63-5)47(59)57-27(3)12-17-38(57)45-51-36-16-14-30-20-35-33-15-13-31(19-32(33)25-65-40(35)21-34(30)43(36)53-45)37-22-50-44(52-37)39-18-28(24-62-4)23-56(39)46(58)42(55-49(61)64-6)29-10-8-7-9-11-29/h7-11,13-16,19-22,26-28,38-39,41-42H,12,17-18,23-25H2,1-6H3,(H,50,52)(H,51,53)(H,54,60)(H,55,61)/t27-,28-,38-,39?,41?,42+/m0/s1. The first-order valence-corrected chi connectivity index (χ1v) is 22.1. The van der Waals surface area contributed by atoms with E-state index in [4.69, 9.17) is 28.9 Å². The molecule has 3 aliphatic rings. The Morgan fingerprint density at radius 1 is 0.862 bits per heavy atom. The Labute approximate surface area is 376 Å². The quantitative estimate of drug-likeness (QED) is 0.100. The molecule has 3 aliphatic heterocycles. The number of ether oxygens (including phenoxy) is 4. The van der Waals surface area contributed by atoms with Crippen molar-refractivity contribution in [2.24, 2.45) is 11.8 Å². The Bertz CT molecular complexity index is 2770. The molecular formula is C49H54N8O8. The van der Waals surface area contributed by atoms with E-state index in [2.05, 4.69) is 57.0 Å². The molecule has 2 saturated heterocycles. The van der Waals surface area contributed by atoms with Crippen LogP contribution in [0.2, 0.25) is 0 Å². The molecule has 2 aromatic heterocycles. The van der Waals surface area contributed by atoms with Gasteiger partial charge >= 0.3 is 12.2 Å². The van der Waals surface area contributed by atoms with E-state index < -0.39 is 24.3 Å². The van der Waals surface area contributed by atoms with Crippen LogP contribution >= 0.6 is 0 Å². The number of hydrogen-bond acceptors (Lipinski definition) is 10. The molecule has 65 heavy (non-hydrogen) atoms. The summed E-state index contributed by atoms with van der Waals surface area (Å²) in [4.78, 5) is 73.5. The zero-order valence-electron chi connectivity index (χ0n) is 37.3. The number of amides is 4. The van der Waals surface area contributed by atoms with Crippen LogP contribution in [0, 0.1) is 11.8 Å². The zero-order chi connectivity index (χ0) is 45.5. The fourth-order valence-electron chi connectivity index (χ4n) is 9.83. The number of imidazole rings is 2. The number of carbonyl (C=O) groups excluding carboxylic acids is 4. The molecular weight excluding hydrogens is 829 g/mol. The number of benzene rings is 4. The van der Waals surface area contributed by atoms with E-state index in [1.807, 2.05) is 62.1 Å². The third kappa shape index (κ3) is 8.22. The normalized spacial score (nSPS) is 20.0. The van der Waals surface area contributed by atoms with Crippen LogP contribution in [0.15, 0.2) is 79.0 Å². The SMILES string of the molecule is COC[C@H]1CC(c2ncc(-c3ccc4c(c3)COc3cc5c(ccc6[nH]c([C@@H]7CC[C@H](C)N7C(=O)C(NC(=O)OC)C(C)C)nc65)cc3-4)[nH]2)N(C(=O)[C@H](NC(=O)OC)c2ccccc2)C1. The number of aromatic nitrogens is 4. The van der Waals surface area contributed by atoms with Crippen molar-refractivity contribution in [3.63, 3.8) is 0 Å². The van der Waals surface area contributed by atoms with Crippen LogP contribution in [0.25, 0.3) is 44.2 Å². The number of rotatable bonds is 11. The molecule has 6 aromatic rings. The summed E-state index contributed by atoms with van der Waals surface area (Å²) in [7, 11) is 4.22. The molecule has 0 saturated carbocycles. The number of alkyl carbamates (subject to hydrolysis) is 2. The lowest BCUT2D eigenvalue weighted by Gasteiger charge is -2.32. The lowest BCUT2D eigenvalue weighted by Crippen LogP contribution is -2.52. The molecule has 0 spiro atoms. The first-order valence-electron chi connectivity index (χ1n) is 22.1. The van der Waals surface area contributed by atoms with E-state index in [1.165, 1.54) is 14.2 Å². The summed E-state index contributed by atoms with van der Waals surface area (Å²) in [5.74, 6) is 1.61. The molecule has 4 amide bonds. The fraction of sp³-hybridized carbons (Fsp3) is 0.388. The van der Waals surface area contributed by atoms with Gasteiger partial charge in [0.25, 0.3) is 5.91 Å². The number of nitrogens with zero attached hydrogens (tertiary/aromatic N) is 4. The van der Waals surface area contributed by atoms with Crippen molar-refractivity contribution in [2.45, 2.75) is 76.8 Å². The molecule has 9 rings (SSSR count). The van der Waals surface area contributed by atoms with Crippen molar-refractivity contribution >= 4 is 45.8 Å². The molecule has 2 unspecified atom stereocenters. The van der Waals surface area contributed by atoms with Gasteiger partial charge in [0.05, 0.1) is 55.8 Å². The Kier molecular flexibility index (Phi) is 11.9. The molecule has 4 N–H and O–H groups in total. The van der Waals surface area contributed by atoms with Crippen LogP contribution < -0.4 is 15.4 Å². The Hall–Kier alpha value is -6.94. The van der Waals surface area contributed by atoms with Crippen LogP contribution in [-0.4, -0.2) is 100 Å². The van der Waals surface area contributed by atoms with Crippen molar-refractivity contribution in [1.29, 1.82) is 0 Å². The highest BCUT2D eigenvalue weighted by atomic mass is 16.5. The van der Waals surface area contributed by atoms with Gasteiger partial charge in [-0.1, -0.05) is 62.4 Å². The average molecular weight is 883 g/mol. The highest BCUT2D eigenvalue weighted by Crippen LogP contribution is 2.44. The number of hydrogen-bond donors (Lipinski definition) is 4. The van der Waals surface area contributed by atoms with Gasteiger partial charge in [0.1, 0.15) is 36.1 Å². The van der Waals surface area contributed by atoms with E-state index in [-0.39, 0.29) is 41.8 Å². The van der Waals surface area contributed by atoms with Crippen molar-refractivity contribution < 1.29 is 38.1 Å². The van der Waals surface area contributed by atoms with E-state index in [0.29, 0.717) is 43.4 Å². The molecule has 0 aliphatic carbocycles. The fourth-order valence-corrected chi connectivity index (χ4v) is 9.83. The minimum absolute atomic E-state index is 0.0342. The second-order valence-corrected chi connectivity index (χ2v) is 17.6. The van der Waals surface area contributed by atoms with Gasteiger partial charge in [-0.3, -0.25) is 9.59 Å². The van der Waals surface area contributed by atoms with Crippen molar-refractivity contribution in [3.05, 3.63) is 102 Å². The number of carbonyl (C=O) groups is 4. The zero-order valence-corrected chi connectivity index (χ0v) is 37.3. The van der Waals surface area contributed by atoms with Crippen LogP contribution in [0.4, 0.5) is 9.59 Å². The first-order chi connectivity index (χ1) is 31.5. The van der Waals surface area contributed by atoms with Gasteiger partial charge in [0, 0.05) is 36.6 Å². The maximum atomic E-state index is 14.3. The van der Waals surface area contributed by atoms with Crippen LogP contribution in [0.1, 0.15) is 80.9 Å². The molecule has 4 aromatic carbocycles. The first kappa shape index (κ1) is 43.3. The van der Waals surface area contributed by atoms with E-state index in [9.17, 15) is 19.2 Å². The van der Waals surface area contributed by atoms with Gasteiger partial charge in [0.15, 0.2) is 0 Å². The summed E-state index contributed by atoms with van der Waals surface area (Å²) in [5, 5.41) is 7.42. The molecule has 338 valence electrons. The van der Waals surface area contributed by atoms with Crippen molar-refractivity contribution in [1.82, 2.24) is 40.4 Å². The summed E-state index contributed by atoms with van der Waals surface area (Å²) in [6.45, 7) is 7.11. The number of nitrogens with one attached hydrogen (secondary N) is 4. The molecule has 0 radical (unpaired) electrons.